The topological polar surface area (TPSA) is 93.0 Å². The molecule has 0 saturated heterocycles. The molecular weight excluding hydrogens is 451 g/mol. The lowest BCUT2D eigenvalue weighted by Gasteiger charge is -2.19. The average Bonchev–Trinajstić information content (AvgIpc) is 3.11. The third kappa shape index (κ3) is 6.87. The summed E-state index contributed by atoms with van der Waals surface area (Å²) in [6, 6.07) is 14.1. The van der Waals surface area contributed by atoms with Gasteiger partial charge in [-0.25, -0.2) is 4.39 Å². The SMILES string of the molecule is CCOC(=O)CC(NCc1ccc(OCCn2c(O)ccc2O)c(F)c1)c1ccc(Cl)cc1. The van der Waals surface area contributed by atoms with Crippen molar-refractivity contribution in [3.63, 3.8) is 0 Å². The van der Waals surface area contributed by atoms with Gasteiger partial charge < -0.3 is 25.0 Å². The van der Waals surface area contributed by atoms with E-state index in [0.717, 1.165) is 5.56 Å². The molecule has 3 N–H and O–H groups in total. The van der Waals surface area contributed by atoms with Gasteiger partial charge in [-0.15, -0.1) is 0 Å². The van der Waals surface area contributed by atoms with Gasteiger partial charge in [0, 0.05) is 29.7 Å². The minimum atomic E-state index is -0.538. The summed E-state index contributed by atoms with van der Waals surface area (Å²) >= 11 is 5.97. The minimum absolute atomic E-state index is 0.0580. The van der Waals surface area contributed by atoms with Gasteiger partial charge in [0.25, 0.3) is 0 Å². The van der Waals surface area contributed by atoms with Gasteiger partial charge in [0.05, 0.1) is 19.6 Å². The van der Waals surface area contributed by atoms with Crippen molar-refractivity contribution in [2.45, 2.75) is 32.5 Å². The number of aromatic nitrogens is 1. The van der Waals surface area contributed by atoms with Crippen molar-refractivity contribution in [1.82, 2.24) is 9.88 Å². The van der Waals surface area contributed by atoms with Crippen LogP contribution >= 0.6 is 11.6 Å². The molecule has 9 heteroatoms. The molecular formula is C24H26ClFN2O5. The van der Waals surface area contributed by atoms with Gasteiger partial charge in [0.15, 0.2) is 23.3 Å². The number of carbonyl (C=O) groups excluding carboxylic acids is 1. The summed E-state index contributed by atoms with van der Waals surface area (Å²) in [5.74, 6) is -1.01. The number of carbonyl (C=O) groups is 1. The van der Waals surface area contributed by atoms with Gasteiger partial charge in [-0.3, -0.25) is 9.36 Å². The summed E-state index contributed by atoms with van der Waals surface area (Å²) in [7, 11) is 0. The number of rotatable bonds is 11. The van der Waals surface area contributed by atoms with Gasteiger partial charge in [-0.05, 0) is 42.3 Å². The lowest BCUT2D eigenvalue weighted by atomic mass is 10.0. The molecule has 7 nitrogen and oxygen atoms in total. The lowest BCUT2D eigenvalue weighted by Crippen LogP contribution is -2.24. The molecule has 1 aromatic heterocycles. The second-order valence-corrected chi connectivity index (χ2v) is 7.75. The third-order valence-corrected chi connectivity index (χ3v) is 5.26. The van der Waals surface area contributed by atoms with Crippen LogP contribution in [-0.2, 0) is 22.6 Å². The molecule has 1 unspecified atom stereocenters. The van der Waals surface area contributed by atoms with Crippen LogP contribution in [0.25, 0.3) is 0 Å². The average molecular weight is 477 g/mol. The Morgan fingerprint density at radius 2 is 1.82 bits per heavy atom. The fraction of sp³-hybridized carbons (Fsp3) is 0.292. The number of aromatic hydroxyl groups is 2. The molecule has 3 aromatic rings. The molecule has 0 amide bonds. The standard InChI is InChI=1S/C24H26ClFN2O5/c1-2-32-24(31)14-20(17-4-6-18(25)7-5-17)27-15-16-3-8-21(19(26)13-16)33-12-11-28-22(29)9-10-23(28)30/h3-10,13,20,27,29-30H,2,11-12,14-15H2,1H3. The molecule has 0 aliphatic rings. The Labute approximate surface area is 196 Å². The van der Waals surface area contributed by atoms with Gasteiger partial charge >= 0.3 is 5.97 Å². The number of ether oxygens (including phenoxy) is 2. The fourth-order valence-electron chi connectivity index (χ4n) is 3.32. The van der Waals surface area contributed by atoms with E-state index in [2.05, 4.69) is 5.32 Å². The van der Waals surface area contributed by atoms with Crippen LogP contribution in [0, 0.1) is 5.82 Å². The highest BCUT2D eigenvalue weighted by molar-refractivity contribution is 6.30. The molecule has 176 valence electrons. The molecule has 1 heterocycles. The molecule has 0 aliphatic heterocycles. The molecule has 0 radical (unpaired) electrons. The highest BCUT2D eigenvalue weighted by Gasteiger charge is 2.17. The van der Waals surface area contributed by atoms with E-state index in [1.54, 1.807) is 25.1 Å². The maximum absolute atomic E-state index is 14.5. The second kappa shape index (κ2) is 11.6. The first kappa shape index (κ1) is 24.4. The first-order chi connectivity index (χ1) is 15.9. The molecule has 3 rings (SSSR count). The van der Waals surface area contributed by atoms with E-state index in [4.69, 9.17) is 21.1 Å². The van der Waals surface area contributed by atoms with E-state index in [9.17, 15) is 19.4 Å². The molecule has 33 heavy (non-hydrogen) atoms. The summed E-state index contributed by atoms with van der Waals surface area (Å²) < 4.78 is 26.3. The van der Waals surface area contributed by atoms with Crippen molar-refractivity contribution in [1.29, 1.82) is 0 Å². The van der Waals surface area contributed by atoms with Crippen molar-refractivity contribution in [3.8, 4) is 17.5 Å². The Morgan fingerprint density at radius 1 is 1.12 bits per heavy atom. The number of esters is 1. The van der Waals surface area contributed by atoms with E-state index in [1.165, 1.54) is 28.8 Å². The zero-order valence-electron chi connectivity index (χ0n) is 18.1. The Balaban J connectivity index is 1.60. The number of hydrogen-bond acceptors (Lipinski definition) is 6. The number of hydrogen-bond donors (Lipinski definition) is 3. The van der Waals surface area contributed by atoms with Crippen LogP contribution in [0.15, 0.2) is 54.6 Å². The van der Waals surface area contributed by atoms with E-state index in [1.807, 2.05) is 12.1 Å². The van der Waals surface area contributed by atoms with Crippen molar-refractivity contribution in [3.05, 3.63) is 76.6 Å². The van der Waals surface area contributed by atoms with Crippen molar-refractivity contribution < 1.29 is 28.9 Å². The van der Waals surface area contributed by atoms with E-state index >= 15 is 0 Å². The Hall–Kier alpha value is -3.23. The Kier molecular flexibility index (Phi) is 8.57. The molecule has 0 aliphatic carbocycles. The number of nitrogens with one attached hydrogen (secondary N) is 1. The van der Waals surface area contributed by atoms with Crippen LogP contribution in [-0.4, -0.2) is 34.0 Å². The van der Waals surface area contributed by atoms with Gasteiger partial charge in [-0.1, -0.05) is 29.8 Å². The van der Waals surface area contributed by atoms with Crippen LogP contribution in [0.5, 0.6) is 17.5 Å². The zero-order valence-corrected chi connectivity index (χ0v) is 18.9. The number of benzene rings is 2. The largest absolute Gasteiger partial charge is 0.494 e. The molecule has 0 spiro atoms. The summed E-state index contributed by atoms with van der Waals surface area (Å²) in [4.78, 5) is 12.0. The molecule has 0 fully saturated rings. The summed E-state index contributed by atoms with van der Waals surface area (Å²) in [5.41, 5.74) is 1.53. The maximum atomic E-state index is 14.5. The Morgan fingerprint density at radius 3 is 2.45 bits per heavy atom. The van der Waals surface area contributed by atoms with Crippen molar-refractivity contribution in [2.75, 3.05) is 13.2 Å². The van der Waals surface area contributed by atoms with Gasteiger partial charge in [0.1, 0.15) is 6.61 Å². The van der Waals surface area contributed by atoms with E-state index in [-0.39, 0.29) is 49.1 Å². The van der Waals surface area contributed by atoms with Crippen LogP contribution in [0.2, 0.25) is 5.02 Å². The predicted molar refractivity (Wildman–Crippen MR) is 122 cm³/mol. The van der Waals surface area contributed by atoms with Gasteiger partial charge in [0.2, 0.25) is 0 Å². The minimum Gasteiger partial charge on any atom is -0.494 e. The molecule has 2 aromatic carbocycles. The van der Waals surface area contributed by atoms with E-state index < -0.39 is 5.82 Å². The molecule has 0 bridgehead atoms. The second-order valence-electron chi connectivity index (χ2n) is 7.31. The first-order valence-corrected chi connectivity index (χ1v) is 10.9. The number of nitrogens with zero attached hydrogens (tertiary/aromatic N) is 1. The fourth-order valence-corrected chi connectivity index (χ4v) is 3.45. The molecule has 1 atom stereocenters. The zero-order chi connectivity index (χ0) is 23.8. The monoisotopic (exact) mass is 476 g/mol. The maximum Gasteiger partial charge on any atom is 0.307 e. The third-order valence-electron chi connectivity index (χ3n) is 5.00. The van der Waals surface area contributed by atoms with Crippen LogP contribution in [0.1, 0.15) is 30.5 Å². The van der Waals surface area contributed by atoms with Crippen LogP contribution in [0.3, 0.4) is 0 Å². The predicted octanol–water partition coefficient (Wildman–Crippen LogP) is 4.55. The highest BCUT2D eigenvalue weighted by atomic mass is 35.5. The summed E-state index contributed by atoms with van der Waals surface area (Å²) in [6.07, 6.45) is 0.123. The summed E-state index contributed by atoms with van der Waals surface area (Å²) in [5, 5.41) is 23.1. The highest BCUT2D eigenvalue weighted by Crippen LogP contribution is 2.24. The van der Waals surface area contributed by atoms with Gasteiger partial charge in [-0.2, -0.15) is 0 Å². The lowest BCUT2D eigenvalue weighted by molar-refractivity contribution is -0.143. The normalized spacial score (nSPS) is 11.8. The smallest absolute Gasteiger partial charge is 0.307 e. The van der Waals surface area contributed by atoms with Crippen molar-refractivity contribution >= 4 is 17.6 Å². The van der Waals surface area contributed by atoms with Crippen LogP contribution < -0.4 is 10.1 Å². The molecule has 0 saturated carbocycles. The first-order valence-electron chi connectivity index (χ1n) is 10.5. The summed E-state index contributed by atoms with van der Waals surface area (Å²) in [6.45, 7) is 2.57. The Bertz CT molecular complexity index is 1050. The van der Waals surface area contributed by atoms with Crippen LogP contribution in [0.4, 0.5) is 4.39 Å². The van der Waals surface area contributed by atoms with Crippen molar-refractivity contribution in [2.24, 2.45) is 0 Å². The number of halogens is 2. The quantitative estimate of drug-likeness (QED) is 0.351. The van der Waals surface area contributed by atoms with E-state index in [0.29, 0.717) is 23.7 Å².